The number of aromatic hydroxyl groups is 1. The number of hydrogen-bond donors (Lipinski definition) is 1. The van der Waals surface area contributed by atoms with E-state index in [9.17, 15) is 14.7 Å². The Morgan fingerprint density at radius 3 is 1.84 bits per heavy atom. The SMILES string of the molecule is COc1cc(C(=O)Oc2ccc(OC(=O)c3ccc(OC)c(OC)c3)cc2C)ccc1O. The minimum absolute atomic E-state index is 0.0825. The molecule has 0 aromatic heterocycles. The van der Waals surface area contributed by atoms with E-state index >= 15 is 0 Å². The predicted octanol–water partition coefficient (Wildman–Crippen LogP) is 4.16. The largest absolute Gasteiger partial charge is 0.504 e. The van der Waals surface area contributed by atoms with Gasteiger partial charge in [-0.1, -0.05) is 0 Å². The number of carbonyl (C=O) groups is 2. The fourth-order valence-electron chi connectivity index (χ4n) is 2.89. The van der Waals surface area contributed by atoms with Crippen LogP contribution in [0.4, 0.5) is 0 Å². The molecule has 0 amide bonds. The summed E-state index contributed by atoms with van der Waals surface area (Å²) in [7, 11) is 4.37. The van der Waals surface area contributed by atoms with Crippen LogP contribution in [0.15, 0.2) is 54.6 Å². The van der Waals surface area contributed by atoms with Crippen LogP contribution in [0.1, 0.15) is 26.3 Å². The normalized spacial score (nSPS) is 10.2. The van der Waals surface area contributed by atoms with Gasteiger partial charge in [-0.25, -0.2) is 9.59 Å². The summed E-state index contributed by atoms with van der Waals surface area (Å²) in [6.45, 7) is 1.72. The second-order valence-corrected chi connectivity index (χ2v) is 6.66. The Morgan fingerprint density at radius 1 is 0.656 bits per heavy atom. The molecule has 0 saturated carbocycles. The van der Waals surface area contributed by atoms with Crippen molar-refractivity contribution in [1.82, 2.24) is 0 Å². The van der Waals surface area contributed by atoms with E-state index in [0.29, 0.717) is 22.8 Å². The van der Waals surface area contributed by atoms with E-state index in [1.807, 2.05) is 0 Å². The fraction of sp³-hybridized carbons (Fsp3) is 0.167. The molecule has 0 bridgehead atoms. The molecule has 0 saturated heterocycles. The van der Waals surface area contributed by atoms with Gasteiger partial charge in [-0.05, 0) is 67.1 Å². The van der Waals surface area contributed by atoms with Crippen LogP contribution in [-0.2, 0) is 0 Å². The summed E-state index contributed by atoms with van der Waals surface area (Å²) in [5.74, 6) is 0.368. The molecular weight excluding hydrogens is 416 g/mol. The number of ether oxygens (including phenoxy) is 5. The molecule has 0 radical (unpaired) electrons. The molecule has 1 N–H and O–H groups in total. The zero-order valence-electron chi connectivity index (χ0n) is 18.0. The van der Waals surface area contributed by atoms with Crippen molar-refractivity contribution in [3.05, 3.63) is 71.3 Å². The lowest BCUT2D eigenvalue weighted by Crippen LogP contribution is -2.11. The van der Waals surface area contributed by atoms with E-state index in [-0.39, 0.29) is 28.4 Å². The average molecular weight is 438 g/mol. The van der Waals surface area contributed by atoms with Crippen molar-refractivity contribution in [2.45, 2.75) is 6.92 Å². The van der Waals surface area contributed by atoms with E-state index in [0.717, 1.165) is 0 Å². The van der Waals surface area contributed by atoms with Crippen molar-refractivity contribution in [1.29, 1.82) is 0 Å². The van der Waals surface area contributed by atoms with Crippen molar-refractivity contribution in [3.8, 4) is 34.5 Å². The van der Waals surface area contributed by atoms with Gasteiger partial charge >= 0.3 is 11.9 Å². The third-order valence-corrected chi connectivity index (χ3v) is 4.59. The monoisotopic (exact) mass is 438 g/mol. The van der Waals surface area contributed by atoms with E-state index in [1.165, 1.54) is 57.7 Å². The van der Waals surface area contributed by atoms with Crippen LogP contribution < -0.4 is 23.7 Å². The number of carbonyl (C=O) groups excluding carboxylic acids is 2. The number of rotatable bonds is 7. The Morgan fingerprint density at radius 2 is 1.22 bits per heavy atom. The Labute approximate surface area is 184 Å². The Balaban J connectivity index is 1.72. The highest BCUT2D eigenvalue weighted by Crippen LogP contribution is 2.30. The van der Waals surface area contributed by atoms with Crippen LogP contribution in [-0.4, -0.2) is 38.4 Å². The highest BCUT2D eigenvalue weighted by atomic mass is 16.5. The van der Waals surface area contributed by atoms with Gasteiger partial charge in [-0.3, -0.25) is 0 Å². The van der Waals surface area contributed by atoms with Gasteiger partial charge in [0.15, 0.2) is 23.0 Å². The smallest absolute Gasteiger partial charge is 0.343 e. The summed E-state index contributed by atoms with van der Waals surface area (Å²) in [4.78, 5) is 24.9. The standard InChI is InChI=1S/C24H22O8/c1-14-11-17(31-23(26)16-6-9-20(28-2)22(13-16)30-4)7-10-19(14)32-24(27)15-5-8-18(25)21(12-15)29-3/h5-13,25H,1-4H3. The van der Waals surface area contributed by atoms with Gasteiger partial charge < -0.3 is 28.8 Å². The third kappa shape index (κ3) is 4.92. The number of phenols is 1. The van der Waals surface area contributed by atoms with E-state index in [2.05, 4.69) is 0 Å². The number of hydrogen-bond acceptors (Lipinski definition) is 8. The first-order valence-corrected chi connectivity index (χ1v) is 9.50. The summed E-state index contributed by atoms with van der Waals surface area (Å²) >= 11 is 0. The van der Waals surface area contributed by atoms with Crippen molar-refractivity contribution in [3.63, 3.8) is 0 Å². The number of phenolic OH excluding ortho intramolecular Hbond substituents is 1. The molecule has 3 aromatic carbocycles. The summed E-state index contributed by atoms with van der Waals surface area (Å²) < 4.78 is 26.2. The first-order chi connectivity index (χ1) is 15.4. The fourth-order valence-corrected chi connectivity index (χ4v) is 2.89. The molecule has 3 rings (SSSR count). The van der Waals surface area contributed by atoms with Crippen LogP contribution in [0.25, 0.3) is 0 Å². The predicted molar refractivity (Wildman–Crippen MR) is 115 cm³/mol. The summed E-state index contributed by atoms with van der Waals surface area (Å²) in [6.07, 6.45) is 0. The third-order valence-electron chi connectivity index (χ3n) is 4.59. The van der Waals surface area contributed by atoms with Crippen LogP contribution in [0.5, 0.6) is 34.5 Å². The second kappa shape index (κ2) is 9.74. The maximum atomic E-state index is 12.5. The topological polar surface area (TPSA) is 101 Å². The van der Waals surface area contributed by atoms with Crippen LogP contribution >= 0.6 is 0 Å². The molecule has 0 aliphatic carbocycles. The molecule has 8 nitrogen and oxygen atoms in total. The number of aryl methyl sites for hydroxylation is 1. The quantitative estimate of drug-likeness (QED) is 0.433. The summed E-state index contributed by atoms with van der Waals surface area (Å²) in [5.41, 5.74) is 1.08. The molecule has 8 heteroatoms. The molecule has 0 aliphatic rings. The molecule has 0 spiro atoms. The van der Waals surface area contributed by atoms with Gasteiger partial charge in [0.05, 0.1) is 32.5 Å². The van der Waals surface area contributed by atoms with Crippen molar-refractivity contribution < 1.29 is 38.4 Å². The molecule has 0 unspecified atom stereocenters. The Hall–Kier alpha value is -4.20. The van der Waals surface area contributed by atoms with E-state index in [4.69, 9.17) is 23.7 Å². The van der Waals surface area contributed by atoms with E-state index in [1.54, 1.807) is 25.1 Å². The van der Waals surface area contributed by atoms with Gasteiger partial charge in [0, 0.05) is 0 Å². The first kappa shape index (κ1) is 22.5. The molecule has 166 valence electrons. The van der Waals surface area contributed by atoms with Crippen molar-refractivity contribution in [2.24, 2.45) is 0 Å². The van der Waals surface area contributed by atoms with Gasteiger partial charge in [0.25, 0.3) is 0 Å². The molecular formula is C24H22O8. The lowest BCUT2D eigenvalue weighted by atomic mass is 10.2. The number of esters is 2. The Kier molecular flexibility index (Phi) is 6.84. The van der Waals surface area contributed by atoms with Crippen molar-refractivity contribution in [2.75, 3.05) is 21.3 Å². The minimum atomic E-state index is -0.624. The maximum absolute atomic E-state index is 12.5. The number of methoxy groups -OCH3 is 3. The molecule has 0 fully saturated rings. The molecule has 0 atom stereocenters. The zero-order valence-corrected chi connectivity index (χ0v) is 18.0. The average Bonchev–Trinajstić information content (AvgIpc) is 2.80. The molecule has 32 heavy (non-hydrogen) atoms. The van der Waals surface area contributed by atoms with Crippen molar-refractivity contribution >= 4 is 11.9 Å². The van der Waals surface area contributed by atoms with E-state index < -0.39 is 11.9 Å². The highest BCUT2D eigenvalue weighted by Gasteiger charge is 2.16. The molecule has 0 aliphatic heterocycles. The highest BCUT2D eigenvalue weighted by molar-refractivity contribution is 5.93. The molecule has 3 aromatic rings. The van der Waals surface area contributed by atoms with Gasteiger partial charge in [-0.15, -0.1) is 0 Å². The second-order valence-electron chi connectivity index (χ2n) is 6.66. The lowest BCUT2D eigenvalue weighted by molar-refractivity contribution is 0.0718. The Bertz CT molecular complexity index is 1150. The summed E-state index contributed by atoms with van der Waals surface area (Å²) in [6, 6.07) is 13.5. The minimum Gasteiger partial charge on any atom is -0.504 e. The zero-order chi connectivity index (χ0) is 23.3. The van der Waals surface area contributed by atoms with Gasteiger partial charge in [0.1, 0.15) is 11.5 Å². The first-order valence-electron chi connectivity index (χ1n) is 9.50. The molecule has 0 heterocycles. The van der Waals surface area contributed by atoms with Gasteiger partial charge in [-0.2, -0.15) is 0 Å². The van der Waals surface area contributed by atoms with Crippen LogP contribution in [0.3, 0.4) is 0 Å². The summed E-state index contributed by atoms with van der Waals surface area (Å²) in [5, 5.41) is 9.66. The maximum Gasteiger partial charge on any atom is 0.343 e. The van der Waals surface area contributed by atoms with Crippen LogP contribution in [0.2, 0.25) is 0 Å². The number of benzene rings is 3. The lowest BCUT2D eigenvalue weighted by Gasteiger charge is -2.12. The van der Waals surface area contributed by atoms with Gasteiger partial charge in [0.2, 0.25) is 0 Å². The van der Waals surface area contributed by atoms with Crippen LogP contribution in [0, 0.1) is 6.92 Å².